The van der Waals surface area contributed by atoms with Crippen molar-refractivity contribution in [3.05, 3.63) is 86.6 Å². The average Bonchev–Trinajstić information content (AvgIpc) is 3.55. The van der Waals surface area contributed by atoms with Crippen LogP contribution in [0.25, 0.3) is 11.2 Å². The molecule has 8 nitrogen and oxygen atoms in total. The van der Waals surface area contributed by atoms with Gasteiger partial charge in [-0.1, -0.05) is 43.7 Å². The van der Waals surface area contributed by atoms with Gasteiger partial charge in [-0.05, 0) is 43.5 Å². The number of hydrogen-bond acceptors (Lipinski definition) is 4. The second-order valence-electron chi connectivity index (χ2n) is 9.21. The molecule has 1 saturated heterocycles. The predicted octanol–water partition coefficient (Wildman–Crippen LogP) is 3.41. The van der Waals surface area contributed by atoms with Crippen molar-refractivity contribution in [3.63, 3.8) is 0 Å². The molecule has 4 heterocycles. The second kappa shape index (κ2) is 9.46. The number of aromatic nitrogens is 5. The van der Waals surface area contributed by atoms with Gasteiger partial charge < -0.3 is 9.13 Å². The molecule has 8 heteroatoms. The van der Waals surface area contributed by atoms with Gasteiger partial charge >= 0.3 is 5.69 Å². The van der Waals surface area contributed by atoms with Gasteiger partial charge in [0.2, 0.25) is 0 Å². The lowest BCUT2D eigenvalue weighted by Crippen LogP contribution is -2.31. The van der Waals surface area contributed by atoms with Gasteiger partial charge in [0.1, 0.15) is 5.82 Å². The van der Waals surface area contributed by atoms with E-state index >= 15 is 0 Å². The summed E-state index contributed by atoms with van der Waals surface area (Å²) in [6.45, 7) is 4.85. The third kappa shape index (κ3) is 4.14. The molecule has 0 bridgehead atoms. The third-order valence-corrected chi connectivity index (χ3v) is 6.92. The molecule has 1 aliphatic rings. The molecule has 1 fully saturated rings. The average molecular weight is 461 g/mol. The van der Waals surface area contributed by atoms with Gasteiger partial charge in [0.25, 0.3) is 5.56 Å². The number of fused-ring (bicyclic) bond motifs is 1. The van der Waals surface area contributed by atoms with E-state index in [1.807, 2.05) is 34.9 Å². The normalized spacial score (nSPS) is 16.6. The monoisotopic (exact) mass is 460 g/mol. The molecule has 1 aliphatic heterocycles. The van der Waals surface area contributed by atoms with Crippen LogP contribution in [0, 0.1) is 0 Å². The minimum Gasteiger partial charge on any atom is -0.353 e. The van der Waals surface area contributed by atoms with Crippen LogP contribution in [-0.2, 0) is 26.7 Å². The van der Waals surface area contributed by atoms with E-state index in [-0.39, 0.29) is 5.56 Å². The molecule has 0 spiro atoms. The smallest absolute Gasteiger partial charge is 0.330 e. The molecule has 4 aromatic rings. The summed E-state index contributed by atoms with van der Waals surface area (Å²) in [4.78, 5) is 35.7. The summed E-state index contributed by atoms with van der Waals surface area (Å²) >= 11 is 0. The Morgan fingerprint density at radius 3 is 2.62 bits per heavy atom. The van der Waals surface area contributed by atoms with Gasteiger partial charge in [-0.3, -0.25) is 19.2 Å². The van der Waals surface area contributed by atoms with Crippen LogP contribution in [0.1, 0.15) is 55.7 Å². The van der Waals surface area contributed by atoms with E-state index in [9.17, 15) is 9.59 Å². The Morgan fingerprint density at radius 1 is 1.06 bits per heavy atom. The lowest BCUT2D eigenvalue weighted by molar-refractivity contribution is 0.232. The molecule has 5 rings (SSSR count). The Morgan fingerprint density at radius 2 is 1.88 bits per heavy atom. The van der Waals surface area contributed by atoms with Crippen LogP contribution in [0.5, 0.6) is 0 Å². The molecule has 34 heavy (non-hydrogen) atoms. The molecule has 0 unspecified atom stereocenters. The summed E-state index contributed by atoms with van der Waals surface area (Å²) in [5.74, 6) is 0.850. The zero-order valence-electron chi connectivity index (χ0n) is 19.9. The number of benzene rings is 1. The highest BCUT2D eigenvalue weighted by Gasteiger charge is 2.29. The molecule has 0 saturated carbocycles. The van der Waals surface area contributed by atoms with Crippen molar-refractivity contribution in [1.82, 2.24) is 28.6 Å². The number of nitrogens with zero attached hydrogens (tertiary/aromatic N) is 5. The first-order chi connectivity index (χ1) is 16.6. The lowest BCUT2D eigenvalue weighted by Gasteiger charge is -2.25. The van der Waals surface area contributed by atoms with Crippen LogP contribution >= 0.6 is 0 Å². The first-order valence-corrected chi connectivity index (χ1v) is 12.2. The number of aromatic amines is 1. The minimum atomic E-state index is -0.420. The van der Waals surface area contributed by atoms with Crippen LogP contribution < -0.4 is 11.2 Å². The Bertz CT molecular complexity index is 1390. The van der Waals surface area contributed by atoms with E-state index in [4.69, 9.17) is 4.98 Å². The third-order valence-electron chi connectivity index (χ3n) is 6.92. The quantitative estimate of drug-likeness (QED) is 0.437. The SMILES string of the molecule is CCCCn1c(CN2CCC[C@H]2c2cccn2C)nc2c1c(=O)[nH]c(=O)n2Cc1ccccc1. The molecule has 1 N–H and O–H groups in total. The Labute approximate surface area is 198 Å². The number of aryl methyl sites for hydroxylation is 2. The maximum absolute atomic E-state index is 13.0. The largest absolute Gasteiger partial charge is 0.353 e. The van der Waals surface area contributed by atoms with Crippen molar-refractivity contribution in [1.29, 1.82) is 0 Å². The first kappa shape index (κ1) is 22.4. The molecular weight excluding hydrogens is 428 g/mol. The van der Waals surface area contributed by atoms with Crippen LogP contribution in [0.3, 0.4) is 0 Å². The fourth-order valence-corrected chi connectivity index (χ4v) is 5.16. The maximum atomic E-state index is 13.0. The van der Waals surface area contributed by atoms with Gasteiger partial charge in [-0.2, -0.15) is 0 Å². The van der Waals surface area contributed by atoms with Gasteiger partial charge in [0.15, 0.2) is 11.2 Å². The fourth-order valence-electron chi connectivity index (χ4n) is 5.16. The number of likely N-dealkylation sites (tertiary alicyclic amines) is 1. The van der Waals surface area contributed by atoms with E-state index in [1.165, 1.54) is 5.69 Å². The summed E-state index contributed by atoms with van der Waals surface area (Å²) in [6.07, 6.45) is 6.27. The predicted molar refractivity (Wildman–Crippen MR) is 133 cm³/mol. The number of rotatable bonds is 8. The van der Waals surface area contributed by atoms with Crippen molar-refractivity contribution in [2.24, 2.45) is 7.05 Å². The lowest BCUT2D eigenvalue weighted by atomic mass is 10.1. The van der Waals surface area contributed by atoms with E-state index in [1.54, 1.807) is 4.57 Å². The van der Waals surface area contributed by atoms with Crippen LogP contribution in [-0.4, -0.2) is 35.1 Å². The standard InChI is InChI=1S/C26H32N6O2/c1-3-4-16-31-22(18-30-15-9-13-21(30)20-12-8-14-29(20)2)27-24-23(31)25(33)28-26(34)32(24)17-19-10-6-5-7-11-19/h5-8,10-12,14,21H,3-4,9,13,15-18H2,1-2H3,(H,28,33,34)/t21-/m0/s1. The maximum Gasteiger partial charge on any atom is 0.330 e. The summed E-state index contributed by atoms with van der Waals surface area (Å²) in [5, 5.41) is 0. The molecule has 3 aromatic heterocycles. The molecule has 0 radical (unpaired) electrons. The summed E-state index contributed by atoms with van der Waals surface area (Å²) < 4.78 is 5.82. The van der Waals surface area contributed by atoms with Gasteiger partial charge in [-0.25, -0.2) is 9.78 Å². The number of H-pyrrole nitrogens is 1. The number of imidazole rings is 1. The van der Waals surface area contributed by atoms with E-state index in [0.29, 0.717) is 36.8 Å². The zero-order chi connectivity index (χ0) is 23.7. The second-order valence-corrected chi connectivity index (χ2v) is 9.21. The van der Waals surface area contributed by atoms with E-state index in [2.05, 4.69) is 46.8 Å². The van der Waals surface area contributed by atoms with Crippen molar-refractivity contribution >= 4 is 11.2 Å². The number of hydrogen-bond donors (Lipinski definition) is 1. The minimum absolute atomic E-state index is 0.323. The summed E-state index contributed by atoms with van der Waals surface area (Å²) in [6, 6.07) is 14.4. The van der Waals surface area contributed by atoms with Gasteiger partial charge in [-0.15, -0.1) is 0 Å². The van der Waals surface area contributed by atoms with Crippen LogP contribution in [0.15, 0.2) is 58.3 Å². The number of unbranched alkanes of at least 4 members (excludes halogenated alkanes) is 1. The highest BCUT2D eigenvalue weighted by Crippen LogP contribution is 2.33. The van der Waals surface area contributed by atoms with E-state index in [0.717, 1.165) is 43.6 Å². The zero-order valence-corrected chi connectivity index (χ0v) is 19.9. The van der Waals surface area contributed by atoms with E-state index < -0.39 is 5.69 Å². The number of nitrogens with one attached hydrogen (secondary N) is 1. The highest BCUT2D eigenvalue weighted by molar-refractivity contribution is 5.71. The van der Waals surface area contributed by atoms with Crippen LogP contribution in [0.2, 0.25) is 0 Å². The highest BCUT2D eigenvalue weighted by atomic mass is 16.2. The topological polar surface area (TPSA) is 80.8 Å². The summed E-state index contributed by atoms with van der Waals surface area (Å²) in [7, 11) is 2.09. The molecule has 0 aliphatic carbocycles. The Hall–Kier alpha value is -3.39. The van der Waals surface area contributed by atoms with Gasteiger partial charge in [0, 0.05) is 25.5 Å². The van der Waals surface area contributed by atoms with Gasteiger partial charge in [0.05, 0.1) is 19.1 Å². The van der Waals surface area contributed by atoms with Crippen molar-refractivity contribution in [3.8, 4) is 0 Å². The molecule has 0 amide bonds. The fraction of sp³-hybridized carbons (Fsp3) is 0.423. The van der Waals surface area contributed by atoms with Crippen molar-refractivity contribution in [2.75, 3.05) is 6.54 Å². The molecule has 1 aromatic carbocycles. The molecule has 1 atom stereocenters. The van der Waals surface area contributed by atoms with Crippen LogP contribution in [0.4, 0.5) is 0 Å². The first-order valence-electron chi connectivity index (χ1n) is 12.2. The Balaban J connectivity index is 1.59. The van der Waals surface area contributed by atoms with Crippen molar-refractivity contribution in [2.45, 2.75) is 58.3 Å². The molecule has 178 valence electrons. The van der Waals surface area contributed by atoms with Crippen molar-refractivity contribution < 1.29 is 0 Å². The Kier molecular flexibility index (Phi) is 6.24. The molecular formula is C26H32N6O2. The summed E-state index contributed by atoms with van der Waals surface area (Å²) in [5.41, 5.74) is 2.47.